The molecule has 0 saturated heterocycles. The van der Waals surface area contributed by atoms with Crippen LogP contribution in [0.2, 0.25) is 10.3 Å². The highest BCUT2D eigenvalue weighted by molar-refractivity contribution is 7.92. The van der Waals surface area contributed by atoms with E-state index in [0.29, 0.717) is 16.6 Å². The Bertz CT molecular complexity index is 1330. The van der Waals surface area contributed by atoms with Gasteiger partial charge < -0.3 is 0 Å². The topological polar surface area (TPSA) is 84.8 Å². The molecule has 29 heavy (non-hydrogen) atoms. The minimum atomic E-state index is -3.97. The van der Waals surface area contributed by atoms with Gasteiger partial charge in [0.2, 0.25) is 0 Å². The Hall–Kier alpha value is -2.81. The molecule has 2 aromatic carbocycles. The molecule has 0 aliphatic rings. The Morgan fingerprint density at radius 3 is 2.38 bits per heavy atom. The van der Waals surface area contributed by atoms with Crippen molar-refractivity contribution >= 4 is 49.9 Å². The minimum Gasteiger partial charge on any atom is -0.276 e. The van der Waals surface area contributed by atoms with Gasteiger partial charge in [0, 0.05) is 11.8 Å². The molecule has 0 amide bonds. The average molecular weight is 449 g/mol. The summed E-state index contributed by atoms with van der Waals surface area (Å²) in [4.78, 5) is 12.4. The molecule has 0 saturated carbocycles. The second-order valence-electron chi connectivity index (χ2n) is 6.02. The molecule has 4 aromatic rings. The molecule has 0 atom stereocenters. The zero-order valence-corrected chi connectivity index (χ0v) is 16.8. The number of anilines is 1. The summed E-state index contributed by atoms with van der Waals surface area (Å²) in [5.41, 5.74) is 2.66. The molecule has 10 heteroatoms. The smallest absolute Gasteiger partial charge is 0.261 e. The molecule has 146 valence electrons. The van der Waals surface area contributed by atoms with Crippen LogP contribution in [0, 0.1) is 5.82 Å². The first-order valence-corrected chi connectivity index (χ1v) is 10.4. The maximum Gasteiger partial charge on any atom is 0.261 e. The number of benzene rings is 2. The van der Waals surface area contributed by atoms with Crippen LogP contribution in [-0.4, -0.2) is 23.4 Å². The predicted molar refractivity (Wildman–Crippen MR) is 110 cm³/mol. The highest BCUT2D eigenvalue weighted by Gasteiger charge is 2.17. The van der Waals surface area contributed by atoms with Gasteiger partial charge in [-0.2, -0.15) is 0 Å². The number of nitrogens with one attached hydrogen (secondary N) is 1. The van der Waals surface area contributed by atoms with Gasteiger partial charge in [-0.3, -0.25) is 9.71 Å². The van der Waals surface area contributed by atoms with Crippen molar-refractivity contribution in [3.05, 3.63) is 77.0 Å². The lowest BCUT2D eigenvalue weighted by Gasteiger charge is -2.11. The van der Waals surface area contributed by atoms with E-state index in [-0.39, 0.29) is 20.9 Å². The van der Waals surface area contributed by atoms with Crippen LogP contribution < -0.4 is 4.72 Å². The van der Waals surface area contributed by atoms with Crippen molar-refractivity contribution in [3.63, 3.8) is 0 Å². The second-order valence-corrected chi connectivity index (χ2v) is 8.45. The van der Waals surface area contributed by atoms with Gasteiger partial charge in [-0.25, -0.2) is 22.8 Å². The molecule has 0 aliphatic carbocycles. The van der Waals surface area contributed by atoms with E-state index >= 15 is 0 Å². The SMILES string of the molecule is O=S(=O)(Nc1cc(-c2ccc3ncc(Cl)nc3c2)cnc1Cl)c1ccc(F)cc1. The lowest BCUT2D eigenvalue weighted by atomic mass is 10.1. The standard InChI is InChI=1S/C19H11Cl2FN4O2S/c20-18-10-23-15-6-1-11(7-16(15)25-18)12-8-17(19(21)24-9-12)26-29(27,28)14-4-2-13(22)3-5-14/h1-10,26H. The first kappa shape index (κ1) is 19.5. The predicted octanol–water partition coefficient (Wildman–Crippen LogP) is 4.94. The third kappa shape index (κ3) is 4.14. The quantitative estimate of drug-likeness (QED) is 0.447. The molecule has 0 aliphatic heterocycles. The van der Waals surface area contributed by atoms with Crippen LogP contribution in [0.1, 0.15) is 0 Å². The summed E-state index contributed by atoms with van der Waals surface area (Å²) in [7, 11) is -3.97. The van der Waals surface area contributed by atoms with E-state index in [4.69, 9.17) is 23.2 Å². The second kappa shape index (κ2) is 7.55. The summed E-state index contributed by atoms with van der Waals surface area (Å²) in [6, 6.07) is 11.3. The van der Waals surface area contributed by atoms with Crippen LogP contribution >= 0.6 is 23.2 Å². The van der Waals surface area contributed by atoms with E-state index in [1.165, 1.54) is 12.4 Å². The molecular formula is C19H11Cl2FN4O2S. The third-order valence-electron chi connectivity index (χ3n) is 4.05. The van der Waals surface area contributed by atoms with Crippen LogP contribution in [0.5, 0.6) is 0 Å². The van der Waals surface area contributed by atoms with E-state index in [1.807, 2.05) is 0 Å². The molecule has 0 radical (unpaired) electrons. The van der Waals surface area contributed by atoms with Crippen molar-refractivity contribution in [3.8, 4) is 11.1 Å². The highest BCUT2D eigenvalue weighted by Crippen LogP contribution is 2.30. The van der Waals surface area contributed by atoms with Crippen molar-refractivity contribution < 1.29 is 12.8 Å². The minimum absolute atomic E-state index is 0.0249. The number of aromatic nitrogens is 3. The fourth-order valence-corrected chi connectivity index (χ4v) is 4.07. The molecular weight excluding hydrogens is 438 g/mol. The fourth-order valence-electron chi connectivity index (χ4n) is 2.66. The summed E-state index contributed by atoms with van der Waals surface area (Å²) in [5.74, 6) is -0.537. The number of hydrogen-bond donors (Lipinski definition) is 1. The number of nitrogens with zero attached hydrogens (tertiary/aromatic N) is 3. The molecule has 1 N–H and O–H groups in total. The van der Waals surface area contributed by atoms with Gasteiger partial charge in [0.1, 0.15) is 11.0 Å². The summed E-state index contributed by atoms with van der Waals surface area (Å²) in [5, 5.41) is 0.236. The normalized spacial score (nSPS) is 11.6. The molecule has 0 bridgehead atoms. The Balaban J connectivity index is 1.72. The summed E-state index contributed by atoms with van der Waals surface area (Å²) in [6.07, 6.45) is 2.97. The average Bonchev–Trinajstić information content (AvgIpc) is 2.69. The molecule has 0 spiro atoms. The van der Waals surface area contributed by atoms with Gasteiger partial charge in [-0.15, -0.1) is 0 Å². The van der Waals surface area contributed by atoms with E-state index in [0.717, 1.165) is 29.8 Å². The highest BCUT2D eigenvalue weighted by atomic mass is 35.5. The van der Waals surface area contributed by atoms with Crippen molar-refractivity contribution in [2.75, 3.05) is 4.72 Å². The fraction of sp³-hybridized carbons (Fsp3) is 0. The lowest BCUT2D eigenvalue weighted by Crippen LogP contribution is -2.13. The van der Waals surface area contributed by atoms with Gasteiger partial charge in [0.05, 0.1) is 27.8 Å². The number of rotatable bonds is 4. The van der Waals surface area contributed by atoms with Gasteiger partial charge in [0.25, 0.3) is 10.0 Å². The zero-order chi connectivity index (χ0) is 20.6. The van der Waals surface area contributed by atoms with E-state index in [2.05, 4.69) is 19.7 Å². The molecule has 2 aromatic heterocycles. The van der Waals surface area contributed by atoms with Crippen molar-refractivity contribution in [2.24, 2.45) is 0 Å². The molecule has 2 heterocycles. The zero-order valence-electron chi connectivity index (χ0n) is 14.5. The van der Waals surface area contributed by atoms with Gasteiger partial charge in [-0.05, 0) is 48.0 Å². The Labute approximate surface area is 175 Å². The van der Waals surface area contributed by atoms with Crippen LogP contribution in [0.15, 0.2) is 65.8 Å². The first-order valence-electron chi connectivity index (χ1n) is 8.18. The molecule has 4 rings (SSSR count). The Kier molecular flexibility index (Phi) is 5.08. The van der Waals surface area contributed by atoms with Crippen molar-refractivity contribution in [1.82, 2.24) is 15.0 Å². The summed E-state index contributed by atoms with van der Waals surface area (Å²) >= 11 is 12.0. The lowest BCUT2D eigenvalue weighted by molar-refractivity contribution is 0.599. The summed E-state index contributed by atoms with van der Waals surface area (Å²) < 4.78 is 40.6. The maximum absolute atomic E-state index is 13.1. The third-order valence-corrected chi connectivity index (χ3v) is 5.92. The molecule has 0 unspecified atom stereocenters. The van der Waals surface area contributed by atoms with Crippen molar-refractivity contribution in [1.29, 1.82) is 0 Å². The first-order chi connectivity index (χ1) is 13.8. The molecule has 0 fully saturated rings. The largest absolute Gasteiger partial charge is 0.276 e. The Morgan fingerprint density at radius 2 is 1.62 bits per heavy atom. The number of fused-ring (bicyclic) bond motifs is 1. The number of sulfonamides is 1. The monoisotopic (exact) mass is 448 g/mol. The van der Waals surface area contributed by atoms with Gasteiger partial charge in [0.15, 0.2) is 5.15 Å². The maximum atomic E-state index is 13.1. The molecule has 6 nitrogen and oxygen atoms in total. The van der Waals surface area contributed by atoms with Gasteiger partial charge >= 0.3 is 0 Å². The summed E-state index contributed by atoms with van der Waals surface area (Å²) in [6.45, 7) is 0. The van der Waals surface area contributed by atoms with E-state index < -0.39 is 15.8 Å². The van der Waals surface area contributed by atoms with Crippen molar-refractivity contribution in [2.45, 2.75) is 4.90 Å². The van der Waals surface area contributed by atoms with Crippen LogP contribution in [-0.2, 0) is 10.0 Å². The van der Waals surface area contributed by atoms with Crippen LogP contribution in [0.25, 0.3) is 22.2 Å². The van der Waals surface area contributed by atoms with Crippen LogP contribution in [0.3, 0.4) is 0 Å². The number of hydrogen-bond acceptors (Lipinski definition) is 5. The van der Waals surface area contributed by atoms with Crippen LogP contribution in [0.4, 0.5) is 10.1 Å². The number of pyridine rings is 1. The Morgan fingerprint density at radius 1 is 0.862 bits per heavy atom. The van der Waals surface area contributed by atoms with Gasteiger partial charge in [-0.1, -0.05) is 29.3 Å². The number of halogens is 3. The van der Waals surface area contributed by atoms with E-state index in [9.17, 15) is 12.8 Å². The van der Waals surface area contributed by atoms with E-state index in [1.54, 1.807) is 24.3 Å².